The zero-order valence-corrected chi connectivity index (χ0v) is 22.4. The van der Waals surface area contributed by atoms with Gasteiger partial charge in [0.1, 0.15) is 18.2 Å². The van der Waals surface area contributed by atoms with E-state index in [1.165, 1.54) is 13.3 Å². The summed E-state index contributed by atoms with van der Waals surface area (Å²) in [5.74, 6) is -3.42. The third-order valence-electron chi connectivity index (χ3n) is 8.06. The Morgan fingerprint density at radius 1 is 1.15 bits per heavy atom. The van der Waals surface area contributed by atoms with Gasteiger partial charge in [-0.2, -0.15) is 0 Å². The molecule has 1 atom stereocenters. The fourth-order valence-corrected chi connectivity index (χ4v) is 5.82. The number of aliphatic carboxylic acids is 1. The van der Waals surface area contributed by atoms with Gasteiger partial charge in [-0.25, -0.2) is 17.6 Å². The maximum absolute atomic E-state index is 14.0. The number of halogens is 4. The van der Waals surface area contributed by atoms with Crippen LogP contribution in [-0.2, 0) is 17.9 Å². The van der Waals surface area contributed by atoms with E-state index in [1.807, 2.05) is 0 Å². The minimum Gasteiger partial charge on any atom is -0.497 e. The van der Waals surface area contributed by atoms with Crippen LogP contribution in [0.1, 0.15) is 61.3 Å². The third kappa shape index (κ3) is 6.90. The fourth-order valence-electron chi connectivity index (χ4n) is 5.82. The van der Waals surface area contributed by atoms with Gasteiger partial charge in [-0.1, -0.05) is 0 Å². The second-order valence-electron chi connectivity index (χ2n) is 10.6. The van der Waals surface area contributed by atoms with E-state index in [-0.39, 0.29) is 30.4 Å². The lowest BCUT2D eigenvalue weighted by Gasteiger charge is -2.41. The molecule has 0 aliphatic carbocycles. The number of fused-ring (bicyclic) bond motifs is 1. The van der Waals surface area contributed by atoms with Gasteiger partial charge < -0.3 is 19.8 Å². The number of benzene rings is 2. The number of rotatable bonds is 12. The Hall–Kier alpha value is -3.24. The number of aliphatic hydroxyl groups is 1. The summed E-state index contributed by atoms with van der Waals surface area (Å²) in [6.45, 7) is 0.991. The first kappa shape index (κ1) is 29.7. The first-order valence-electron chi connectivity index (χ1n) is 13.4. The van der Waals surface area contributed by atoms with E-state index < -0.39 is 41.6 Å². The lowest BCUT2D eigenvalue weighted by Crippen LogP contribution is -2.41. The molecule has 0 unspecified atom stereocenters. The predicted octanol–water partition coefficient (Wildman–Crippen LogP) is 6.13. The molecule has 40 heavy (non-hydrogen) atoms. The summed E-state index contributed by atoms with van der Waals surface area (Å²) in [6.07, 6.45) is 2.87. The molecule has 216 valence electrons. The van der Waals surface area contributed by atoms with Crippen LogP contribution in [0, 0.1) is 22.9 Å². The van der Waals surface area contributed by atoms with Gasteiger partial charge in [0.15, 0.2) is 11.6 Å². The first-order chi connectivity index (χ1) is 19.1. The number of alkyl halides is 1. The molecule has 1 aliphatic rings. The molecule has 0 spiro atoms. The van der Waals surface area contributed by atoms with E-state index in [0.29, 0.717) is 73.6 Å². The van der Waals surface area contributed by atoms with Crippen molar-refractivity contribution in [2.24, 2.45) is 5.41 Å². The van der Waals surface area contributed by atoms with Gasteiger partial charge in [-0.05, 0) is 99.0 Å². The molecule has 0 bridgehead atoms. The molecule has 1 fully saturated rings. The standard InChI is InChI=1S/C30H34F4N2O4/c1-40-22-4-5-25-23(15-22)28(20(17-31)18-35-25)26(37)6-7-30(16-27(38)39)8-11-36(12-9-30)10-2-3-19-13-21(32)14-24(33)29(19)34/h4-5,13-15,18,26,37H,2-3,6-12,16-17H2,1H3,(H,38,39)/t26-/m0/s1. The first-order valence-corrected chi connectivity index (χ1v) is 13.4. The Bertz CT molecular complexity index is 1340. The largest absolute Gasteiger partial charge is 0.497 e. The van der Waals surface area contributed by atoms with Crippen molar-refractivity contribution >= 4 is 16.9 Å². The normalized spacial score (nSPS) is 16.2. The number of carboxylic acid groups (broad SMARTS) is 1. The summed E-state index contributed by atoms with van der Waals surface area (Å²) < 4.78 is 60.1. The van der Waals surface area contributed by atoms with Crippen LogP contribution in [-0.4, -0.2) is 52.8 Å². The number of carboxylic acids is 1. The predicted molar refractivity (Wildman–Crippen MR) is 142 cm³/mol. The van der Waals surface area contributed by atoms with Gasteiger partial charge in [0.25, 0.3) is 0 Å². The van der Waals surface area contributed by atoms with Crippen molar-refractivity contribution in [2.45, 2.75) is 57.7 Å². The van der Waals surface area contributed by atoms with Crippen molar-refractivity contribution in [3.63, 3.8) is 0 Å². The minimum atomic E-state index is -1.20. The van der Waals surface area contributed by atoms with Crippen LogP contribution >= 0.6 is 0 Å². The highest BCUT2D eigenvalue weighted by Gasteiger charge is 2.37. The maximum atomic E-state index is 14.0. The van der Waals surface area contributed by atoms with Crippen molar-refractivity contribution in [2.75, 3.05) is 26.7 Å². The lowest BCUT2D eigenvalue weighted by molar-refractivity contribution is -0.141. The monoisotopic (exact) mass is 562 g/mol. The van der Waals surface area contributed by atoms with Crippen molar-refractivity contribution in [1.82, 2.24) is 9.88 Å². The summed E-state index contributed by atoms with van der Waals surface area (Å²) in [7, 11) is 1.52. The van der Waals surface area contributed by atoms with Crippen molar-refractivity contribution in [3.8, 4) is 5.75 Å². The van der Waals surface area contributed by atoms with Crippen molar-refractivity contribution < 1.29 is 37.3 Å². The highest BCUT2D eigenvalue weighted by atomic mass is 19.2. The van der Waals surface area contributed by atoms with Gasteiger partial charge >= 0.3 is 5.97 Å². The zero-order chi connectivity index (χ0) is 28.9. The molecule has 2 N–H and O–H groups in total. The van der Waals surface area contributed by atoms with Crippen LogP contribution in [0.3, 0.4) is 0 Å². The number of piperidine rings is 1. The number of aliphatic hydroxyl groups excluding tert-OH is 1. The quantitative estimate of drug-likeness (QED) is 0.204. The molecule has 1 saturated heterocycles. The minimum absolute atomic E-state index is 0.00220. The molecule has 2 aromatic carbocycles. The summed E-state index contributed by atoms with van der Waals surface area (Å²) in [5.41, 5.74) is 0.775. The average Bonchev–Trinajstić information content (AvgIpc) is 2.94. The van der Waals surface area contributed by atoms with E-state index in [9.17, 15) is 32.6 Å². The van der Waals surface area contributed by atoms with Crippen molar-refractivity contribution in [3.05, 3.63) is 70.7 Å². The van der Waals surface area contributed by atoms with E-state index in [1.54, 1.807) is 18.2 Å². The van der Waals surface area contributed by atoms with Crippen LogP contribution < -0.4 is 4.74 Å². The fraction of sp³-hybridized carbons (Fsp3) is 0.467. The third-order valence-corrected chi connectivity index (χ3v) is 8.06. The van der Waals surface area contributed by atoms with Crippen LogP contribution in [0.4, 0.5) is 17.6 Å². The highest BCUT2D eigenvalue weighted by Crippen LogP contribution is 2.42. The molecular formula is C30H34F4N2O4. The van der Waals surface area contributed by atoms with Crippen molar-refractivity contribution in [1.29, 1.82) is 0 Å². The molecule has 0 amide bonds. The maximum Gasteiger partial charge on any atom is 0.303 e. The Morgan fingerprint density at radius 2 is 1.90 bits per heavy atom. The number of aryl methyl sites for hydroxylation is 1. The summed E-state index contributed by atoms with van der Waals surface area (Å²) in [4.78, 5) is 18.2. The van der Waals surface area contributed by atoms with Crippen LogP contribution in [0.25, 0.3) is 10.9 Å². The Morgan fingerprint density at radius 3 is 2.58 bits per heavy atom. The number of hydrogen-bond acceptors (Lipinski definition) is 5. The number of aromatic nitrogens is 1. The molecular weight excluding hydrogens is 528 g/mol. The van der Waals surface area contributed by atoms with E-state index in [2.05, 4.69) is 9.88 Å². The number of hydrogen-bond donors (Lipinski definition) is 2. The van der Waals surface area contributed by atoms with Gasteiger partial charge in [0.2, 0.25) is 0 Å². The molecule has 2 heterocycles. The van der Waals surface area contributed by atoms with Gasteiger partial charge in [-0.15, -0.1) is 0 Å². The molecule has 0 saturated carbocycles. The summed E-state index contributed by atoms with van der Waals surface area (Å²) in [6, 6.07) is 6.73. The van der Waals surface area contributed by atoms with E-state index >= 15 is 0 Å². The molecule has 3 aromatic rings. The topological polar surface area (TPSA) is 82.9 Å². The second-order valence-corrected chi connectivity index (χ2v) is 10.6. The van der Waals surface area contributed by atoms with Gasteiger partial charge in [0.05, 0.1) is 25.2 Å². The Balaban J connectivity index is 1.41. The number of ether oxygens (including phenoxy) is 1. The van der Waals surface area contributed by atoms with Gasteiger partial charge in [-0.3, -0.25) is 9.78 Å². The summed E-state index contributed by atoms with van der Waals surface area (Å²) >= 11 is 0. The smallest absolute Gasteiger partial charge is 0.303 e. The number of pyridine rings is 1. The molecule has 4 rings (SSSR count). The molecule has 1 aromatic heterocycles. The summed E-state index contributed by atoms with van der Waals surface area (Å²) in [5, 5.41) is 21.5. The zero-order valence-electron chi connectivity index (χ0n) is 22.4. The molecule has 0 radical (unpaired) electrons. The van der Waals surface area contributed by atoms with E-state index in [0.717, 1.165) is 6.07 Å². The number of nitrogens with zero attached hydrogens (tertiary/aromatic N) is 2. The lowest BCUT2D eigenvalue weighted by atomic mass is 9.71. The molecule has 1 aliphatic heterocycles. The number of methoxy groups -OCH3 is 1. The second kappa shape index (κ2) is 13.0. The molecule has 10 heteroatoms. The average molecular weight is 563 g/mol. The highest BCUT2D eigenvalue weighted by molar-refractivity contribution is 5.85. The van der Waals surface area contributed by atoms with Crippen LogP contribution in [0.5, 0.6) is 5.75 Å². The number of carbonyl (C=O) groups is 1. The Labute approximate surface area is 230 Å². The Kier molecular flexibility index (Phi) is 9.63. The van der Waals surface area contributed by atoms with Crippen LogP contribution in [0.15, 0.2) is 36.5 Å². The SMILES string of the molecule is COc1ccc2ncc(CF)c([C@@H](O)CCC3(CC(=O)O)CCN(CCCc4cc(F)cc(F)c4F)CC3)c2c1. The number of likely N-dealkylation sites (tertiary alicyclic amines) is 1. The van der Waals surface area contributed by atoms with Gasteiger partial charge in [0, 0.05) is 23.2 Å². The molecule has 6 nitrogen and oxygen atoms in total. The van der Waals surface area contributed by atoms with Crippen LogP contribution in [0.2, 0.25) is 0 Å². The van der Waals surface area contributed by atoms with E-state index in [4.69, 9.17) is 4.74 Å².